The number of nitrogens with one attached hydrogen (secondary N) is 1. The summed E-state index contributed by atoms with van der Waals surface area (Å²) in [6.07, 6.45) is 3.10. The molecule has 1 aromatic heterocycles. The van der Waals surface area contributed by atoms with E-state index < -0.39 is 0 Å². The molecule has 0 bridgehead atoms. The van der Waals surface area contributed by atoms with Gasteiger partial charge < -0.3 is 14.8 Å². The van der Waals surface area contributed by atoms with Crippen molar-refractivity contribution in [3.63, 3.8) is 0 Å². The van der Waals surface area contributed by atoms with E-state index in [1.165, 1.54) is 17.4 Å². The van der Waals surface area contributed by atoms with Crippen LogP contribution in [-0.2, 0) is 4.79 Å². The highest BCUT2D eigenvalue weighted by molar-refractivity contribution is 7.16. The number of ether oxygens (including phenoxy) is 2. The molecule has 0 fully saturated rings. The van der Waals surface area contributed by atoms with Gasteiger partial charge in [0.15, 0.2) is 11.5 Å². The van der Waals surface area contributed by atoms with Gasteiger partial charge >= 0.3 is 0 Å². The van der Waals surface area contributed by atoms with E-state index in [2.05, 4.69) is 11.4 Å². The lowest BCUT2D eigenvalue weighted by Gasteiger charge is -2.07. The minimum atomic E-state index is -0.289. The Bertz CT molecular complexity index is 832. The number of anilines is 1. The van der Waals surface area contributed by atoms with Crippen LogP contribution in [0.5, 0.6) is 11.5 Å². The summed E-state index contributed by atoms with van der Waals surface area (Å²) >= 11 is 1.40. The van der Waals surface area contributed by atoms with Crippen LogP contribution in [0.2, 0.25) is 0 Å². The zero-order valence-electron chi connectivity index (χ0n) is 14.0. The molecule has 1 amide bonds. The van der Waals surface area contributed by atoms with Crippen LogP contribution in [-0.4, -0.2) is 20.1 Å². The fourth-order valence-corrected chi connectivity index (χ4v) is 3.15. The smallest absolute Gasteiger partial charge is 0.249 e. The second-order valence-electron chi connectivity index (χ2n) is 5.04. The first-order valence-electron chi connectivity index (χ1n) is 7.21. The molecule has 2 rings (SSSR count). The molecule has 0 spiro atoms. The average molecular weight is 342 g/mol. The summed E-state index contributed by atoms with van der Waals surface area (Å²) in [7, 11) is 3.13. The molecular weight excluding hydrogens is 324 g/mol. The van der Waals surface area contributed by atoms with Crippen molar-refractivity contribution in [1.82, 2.24) is 0 Å². The van der Waals surface area contributed by atoms with E-state index in [1.807, 2.05) is 19.9 Å². The third-order valence-electron chi connectivity index (χ3n) is 3.57. The number of nitriles is 1. The highest BCUT2D eigenvalue weighted by Gasteiger charge is 2.13. The van der Waals surface area contributed by atoms with Crippen LogP contribution in [0, 0.1) is 25.2 Å². The quantitative estimate of drug-likeness (QED) is 0.836. The number of amides is 1. The summed E-state index contributed by atoms with van der Waals surface area (Å²) < 4.78 is 10.4. The van der Waals surface area contributed by atoms with E-state index in [1.54, 1.807) is 32.4 Å². The minimum Gasteiger partial charge on any atom is -0.493 e. The number of benzene rings is 1. The number of carbonyl (C=O) groups excluding carboxylic acids is 1. The first-order valence-corrected chi connectivity index (χ1v) is 8.03. The van der Waals surface area contributed by atoms with Crippen LogP contribution < -0.4 is 14.8 Å². The number of rotatable bonds is 5. The van der Waals surface area contributed by atoms with E-state index in [0.29, 0.717) is 22.1 Å². The van der Waals surface area contributed by atoms with Crippen LogP contribution >= 0.6 is 11.3 Å². The number of hydrogen-bond donors (Lipinski definition) is 1. The van der Waals surface area contributed by atoms with E-state index in [-0.39, 0.29) is 5.91 Å². The van der Waals surface area contributed by atoms with Crippen molar-refractivity contribution in [2.24, 2.45) is 0 Å². The predicted octanol–water partition coefficient (Wildman–Crippen LogP) is 3.91. The Hall–Kier alpha value is -2.78. The van der Waals surface area contributed by atoms with Crippen LogP contribution in [0.15, 0.2) is 24.3 Å². The molecule has 2 aromatic rings. The van der Waals surface area contributed by atoms with Crippen molar-refractivity contribution in [3.05, 3.63) is 45.8 Å². The third-order valence-corrected chi connectivity index (χ3v) is 4.69. The largest absolute Gasteiger partial charge is 0.493 e. The summed E-state index contributed by atoms with van der Waals surface area (Å²) in [6, 6.07) is 7.51. The van der Waals surface area contributed by atoms with Gasteiger partial charge in [-0.3, -0.25) is 4.79 Å². The van der Waals surface area contributed by atoms with Crippen molar-refractivity contribution in [1.29, 1.82) is 5.26 Å². The summed E-state index contributed by atoms with van der Waals surface area (Å²) in [5.41, 5.74) is 2.23. The second-order valence-corrected chi connectivity index (χ2v) is 6.26. The first kappa shape index (κ1) is 17.6. The number of nitrogens with zero attached hydrogens (tertiary/aromatic N) is 1. The lowest BCUT2D eigenvalue weighted by atomic mass is 10.2. The summed E-state index contributed by atoms with van der Waals surface area (Å²) in [5, 5.41) is 12.5. The summed E-state index contributed by atoms with van der Waals surface area (Å²) in [6.45, 7) is 3.80. The second kappa shape index (κ2) is 7.66. The number of aryl methyl sites for hydroxylation is 1. The van der Waals surface area contributed by atoms with Gasteiger partial charge in [0.1, 0.15) is 11.1 Å². The van der Waals surface area contributed by atoms with E-state index in [9.17, 15) is 10.1 Å². The molecule has 0 radical (unpaired) electrons. The highest BCUT2D eigenvalue weighted by Crippen LogP contribution is 2.31. The maximum absolute atomic E-state index is 12.1. The van der Waals surface area contributed by atoms with Crippen LogP contribution in [0.1, 0.15) is 21.6 Å². The molecule has 124 valence electrons. The topological polar surface area (TPSA) is 71.3 Å². The van der Waals surface area contributed by atoms with Crippen molar-refractivity contribution < 1.29 is 14.3 Å². The highest BCUT2D eigenvalue weighted by atomic mass is 32.1. The van der Waals surface area contributed by atoms with Crippen LogP contribution in [0.3, 0.4) is 0 Å². The first-order chi connectivity index (χ1) is 11.5. The lowest BCUT2D eigenvalue weighted by Crippen LogP contribution is -2.07. The molecule has 0 saturated carbocycles. The van der Waals surface area contributed by atoms with Gasteiger partial charge in [0.25, 0.3) is 0 Å². The molecule has 0 saturated heterocycles. The SMILES string of the molecule is COc1ccc(/C=C\C(=O)Nc2sc(C)c(C)c2C#N)cc1OC. The zero-order valence-corrected chi connectivity index (χ0v) is 14.8. The Labute approximate surface area is 145 Å². The number of thiophene rings is 1. The minimum absolute atomic E-state index is 0.289. The Morgan fingerprint density at radius 3 is 2.58 bits per heavy atom. The Morgan fingerprint density at radius 1 is 1.25 bits per heavy atom. The Balaban J connectivity index is 2.14. The van der Waals surface area contributed by atoms with Crippen molar-refractivity contribution in [2.75, 3.05) is 19.5 Å². The summed E-state index contributed by atoms with van der Waals surface area (Å²) in [5.74, 6) is 0.932. The number of methoxy groups -OCH3 is 2. The van der Waals surface area contributed by atoms with E-state index in [4.69, 9.17) is 9.47 Å². The molecule has 0 unspecified atom stereocenters. The van der Waals surface area contributed by atoms with Crippen molar-refractivity contribution in [2.45, 2.75) is 13.8 Å². The molecule has 5 nitrogen and oxygen atoms in total. The van der Waals surface area contributed by atoms with Gasteiger partial charge in [-0.15, -0.1) is 11.3 Å². The average Bonchev–Trinajstić information content (AvgIpc) is 2.85. The van der Waals surface area contributed by atoms with Gasteiger partial charge in [0.2, 0.25) is 5.91 Å². The molecule has 1 heterocycles. The molecule has 24 heavy (non-hydrogen) atoms. The molecule has 0 aliphatic heterocycles. The molecular formula is C18H18N2O3S. The monoisotopic (exact) mass is 342 g/mol. The fraction of sp³-hybridized carbons (Fsp3) is 0.222. The van der Waals surface area contributed by atoms with Crippen molar-refractivity contribution in [3.8, 4) is 17.6 Å². The standard InChI is InChI=1S/C18H18N2O3S/c1-11-12(2)24-18(14(11)10-19)20-17(21)8-6-13-5-7-15(22-3)16(9-13)23-4/h5-9H,1-4H3,(H,20,21)/b8-6-. The maximum Gasteiger partial charge on any atom is 0.249 e. The van der Waals surface area contributed by atoms with Gasteiger partial charge in [-0.05, 0) is 43.2 Å². The fourth-order valence-electron chi connectivity index (χ4n) is 2.13. The molecule has 0 aliphatic carbocycles. The number of hydrogen-bond acceptors (Lipinski definition) is 5. The van der Waals surface area contributed by atoms with Gasteiger partial charge in [0.05, 0.1) is 19.8 Å². The van der Waals surface area contributed by atoms with E-state index >= 15 is 0 Å². The van der Waals surface area contributed by atoms with E-state index in [0.717, 1.165) is 16.0 Å². The lowest BCUT2D eigenvalue weighted by molar-refractivity contribution is -0.111. The Kier molecular flexibility index (Phi) is 5.61. The maximum atomic E-state index is 12.1. The molecule has 0 atom stereocenters. The molecule has 6 heteroatoms. The molecule has 0 aliphatic rings. The summed E-state index contributed by atoms with van der Waals surface area (Å²) in [4.78, 5) is 13.1. The molecule has 1 N–H and O–H groups in total. The van der Waals surface area contributed by atoms with Gasteiger partial charge in [-0.1, -0.05) is 6.07 Å². The van der Waals surface area contributed by atoms with Crippen LogP contribution in [0.25, 0.3) is 6.08 Å². The predicted molar refractivity (Wildman–Crippen MR) is 95.7 cm³/mol. The third kappa shape index (κ3) is 3.76. The normalized spacial score (nSPS) is 10.5. The Morgan fingerprint density at radius 2 is 1.96 bits per heavy atom. The van der Waals surface area contributed by atoms with Crippen molar-refractivity contribution >= 4 is 28.3 Å². The van der Waals surface area contributed by atoms with Gasteiger partial charge in [-0.25, -0.2) is 0 Å². The van der Waals surface area contributed by atoms with Gasteiger partial charge in [0, 0.05) is 11.0 Å². The van der Waals surface area contributed by atoms with Crippen LogP contribution in [0.4, 0.5) is 5.00 Å². The molecule has 1 aromatic carbocycles. The van der Waals surface area contributed by atoms with Gasteiger partial charge in [-0.2, -0.15) is 5.26 Å². The number of carbonyl (C=O) groups is 1. The zero-order chi connectivity index (χ0) is 17.7.